The summed E-state index contributed by atoms with van der Waals surface area (Å²) in [5.74, 6) is 0.544. The van der Waals surface area contributed by atoms with Crippen LogP contribution in [0.1, 0.15) is 18.4 Å². The van der Waals surface area contributed by atoms with Crippen LogP contribution < -0.4 is 0 Å². The molecule has 0 radical (unpaired) electrons. The van der Waals surface area contributed by atoms with Gasteiger partial charge in [0.1, 0.15) is 16.3 Å². The third-order valence-corrected chi connectivity index (χ3v) is 4.68. The molecule has 2 heterocycles. The average molecular weight is 260 g/mol. The van der Waals surface area contributed by atoms with Crippen LogP contribution in [0.3, 0.4) is 0 Å². The summed E-state index contributed by atoms with van der Waals surface area (Å²) < 4.78 is 10.5. The lowest BCUT2D eigenvalue weighted by molar-refractivity contribution is 0.307. The minimum absolute atomic E-state index is 0.544. The smallest absolute Gasteiger partial charge is 0.248 e. The monoisotopic (exact) mass is 260 g/mol. The van der Waals surface area contributed by atoms with E-state index in [1.54, 1.807) is 0 Å². The van der Waals surface area contributed by atoms with Gasteiger partial charge in [0.25, 0.3) is 0 Å². The Morgan fingerprint density at radius 1 is 1.06 bits per heavy atom. The van der Waals surface area contributed by atoms with Gasteiger partial charge in [0, 0.05) is 0 Å². The maximum Gasteiger partial charge on any atom is 0.248 e. The largest absolute Gasteiger partial charge is 0.288 e. The van der Waals surface area contributed by atoms with E-state index in [2.05, 4.69) is 34.6 Å². The van der Waals surface area contributed by atoms with Crippen LogP contribution >= 0.6 is 11.0 Å². The highest BCUT2D eigenvalue weighted by molar-refractivity contribution is 8.10. The molecule has 0 spiro atoms. The predicted molar refractivity (Wildman–Crippen MR) is 72.5 cm³/mol. The maximum absolute atomic E-state index is 5.23. The minimum atomic E-state index is -0.629. The van der Waals surface area contributed by atoms with Gasteiger partial charge in [-0.15, -0.1) is 0 Å². The van der Waals surface area contributed by atoms with Crippen molar-refractivity contribution in [2.75, 3.05) is 0 Å². The van der Waals surface area contributed by atoms with E-state index in [0.29, 0.717) is 5.92 Å². The Morgan fingerprint density at radius 3 is 2.39 bits per heavy atom. The summed E-state index contributed by atoms with van der Waals surface area (Å²) in [6.45, 7) is 0. The number of benzene rings is 1. The van der Waals surface area contributed by atoms with Crippen molar-refractivity contribution < 1.29 is 8.57 Å². The Bertz CT molecular complexity index is 562. The zero-order chi connectivity index (χ0) is 11.9. The molecule has 1 aromatic carbocycles. The predicted octanol–water partition coefficient (Wildman–Crippen LogP) is 2.68. The topological polar surface area (TPSA) is 43.2 Å². The lowest BCUT2D eigenvalue weighted by atomic mass is 9.82. The fourth-order valence-corrected chi connectivity index (χ4v) is 3.78. The third kappa shape index (κ3) is 1.58. The molecule has 18 heavy (non-hydrogen) atoms. The Hall–Kier alpha value is -1.62. The van der Waals surface area contributed by atoms with Gasteiger partial charge in [-0.3, -0.25) is 8.57 Å². The van der Waals surface area contributed by atoms with Gasteiger partial charge in [0.15, 0.2) is 0 Å². The second-order valence-electron chi connectivity index (χ2n) is 4.75. The first-order chi connectivity index (χ1) is 8.90. The van der Waals surface area contributed by atoms with Gasteiger partial charge >= 0.3 is 0 Å². The summed E-state index contributed by atoms with van der Waals surface area (Å²) in [6.07, 6.45) is 2.99. The zero-order valence-electron chi connectivity index (χ0n) is 9.70. The second kappa shape index (κ2) is 3.95. The van der Waals surface area contributed by atoms with Gasteiger partial charge in [-0.25, -0.2) is 0 Å². The van der Waals surface area contributed by atoms with Crippen molar-refractivity contribution in [3.05, 3.63) is 35.9 Å². The maximum atomic E-state index is 5.23. The molecule has 0 amide bonds. The van der Waals surface area contributed by atoms with Gasteiger partial charge in [-0.2, -0.15) is 0 Å². The summed E-state index contributed by atoms with van der Waals surface area (Å²) in [5, 5.41) is 8.24. The van der Waals surface area contributed by atoms with E-state index < -0.39 is 11.0 Å². The SMILES string of the molecule is c1ccc(CC2CC3=NOS4=C3C(=NO4)C2)cc1. The number of nitrogens with zero attached hydrogens (tertiary/aromatic N) is 2. The molecule has 0 N–H and O–H groups in total. The molecule has 1 saturated carbocycles. The molecule has 1 fully saturated rings. The van der Waals surface area contributed by atoms with Crippen molar-refractivity contribution in [1.29, 1.82) is 0 Å². The standard InChI is InChI=1S/C13H12N2O2S/c1-2-4-9(5-3-1)6-10-7-11-13-12(8-10)15-17-18(13)16-14-11/h1-5,10H,6-8H2. The normalized spacial score (nSPS) is 22.1. The first kappa shape index (κ1) is 10.3. The molecule has 4 rings (SSSR count). The lowest BCUT2D eigenvalue weighted by Gasteiger charge is -2.21. The van der Waals surface area contributed by atoms with Crippen molar-refractivity contribution in [1.82, 2.24) is 0 Å². The molecule has 0 bridgehead atoms. The highest BCUT2D eigenvalue weighted by Gasteiger charge is 2.39. The quantitative estimate of drug-likeness (QED) is 0.767. The third-order valence-electron chi connectivity index (χ3n) is 3.45. The average Bonchev–Trinajstić information content (AvgIpc) is 2.98. The van der Waals surface area contributed by atoms with Crippen LogP contribution in [0.4, 0.5) is 0 Å². The summed E-state index contributed by atoms with van der Waals surface area (Å²) in [6, 6.07) is 10.6. The van der Waals surface area contributed by atoms with E-state index in [1.165, 1.54) is 5.56 Å². The molecule has 0 saturated heterocycles. The Kier molecular flexibility index (Phi) is 2.26. The van der Waals surface area contributed by atoms with Gasteiger partial charge in [-0.05, 0) is 30.7 Å². The molecular formula is C13H12N2O2S. The molecule has 5 heteroatoms. The number of oxime groups is 2. The van der Waals surface area contributed by atoms with E-state index in [9.17, 15) is 0 Å². The highest BCUT2D eigenvalue weighted by Crippen LogP contribution is 2.38. The van der Waals surface area contributed by atoms with Crippen molar-refractivity contribution in [2.45, 2.75) is 19.3 Å². The summed E-state index contributed by atoms with van der Waals surface area (Å²) >= 11 is -0.629. The second-order valence-corrected chi connectivity index (χ2v) is 5.93. The van der Waals surface area contributed by atoms with Gasteiger partial charge in [0.05, 0.1) is 0 Å². The lowest BCUT2D eigenvalue weighted by Crippen LogP contribution is -2.31. The number of hydrogen-bond donors (Lipinski definition) is 0. The van der Waals surface area contributed by atoms with Crippen LogP contribution in [0.25, 0.3) is 0 Å². The van der Waals surface area contributed by atoms with E-state index >= 15 is 0 Å². The summed E-state index contributed by atoms with van der Waals surface area (Å²) in [4.78, 5) is 1.11. The molecule has 4 nitrogen and oxygen atoms in total. The molecule has 1 aromatic rings. The van der Waals surface area contributed by atoms with Gasteiger partial charge in [-0.1, -0.05) is 40.6 Å². The fourth-order valence-electron chi connectivity index (χ4n) is 2.66. The first-order valence-electron chi connectivity index (χ1n) is 6.05. The van der Waals surface area contributed by atoms with Crippen LogP contribution in [0.5, 0.6) is 0 Å². The molecular weight excluding hydrogens is 248 g/mol. The molecule has 1 aliphatic carbocycles. The van der Waals surface area contributed by atoms with Crippen LogP contribution in [0, 0.1) is 5.92 Å². The Morgan fingerprint density at radius 2 is 1.72 bits per heavy atom. The molecule has 3 aliphatic rings. The van der Waals surface area contributed by atoms with Crippen molar-refractivity contribution in [3.8, 4) is 0 Å². The van der Waals surface area contributed by atoms with Crippen LogP contribution in [-0.2, 0) is 15.0 Å². The minimum Gasteiger partial charge on any atom is -0.288 e. The summed E-state index contributed by atoms with van der Waals surface area (Å²) in [5.41, 5.74) is 3.45. The van der Waals surface area contributed by atoms with Gasteiger partial charge in [0.2, 0.25) is 11.0 Å². The van der Waals surface area contributed by atoms with Crippen LogP contribution in [-0.4, -0.2) is 16.3 Å². The zero-order valence-corrected chi connectivity index (χ0v) is 10.5. The molecule has 0 atom stereocenters. The van der Waals surface area contributed by atoms with Crippen molar-refractivity contribution in [2.24, 2.45) is 16.2 Å². The summed E-state index contributed by atoms with van der Waals surface area (Å²) in [7, 11) is 0. The Labute approximate surface area is 108 Å². The molecule has 0 unspecified atom stereocenters. The van der Waals surface area contributed by atoms with E-state index in [1.807, 2.05) is 6.07 Å². The van der Waals surface area contributed by atoms with E-state index in [0.717, 1.165) is 35.6 Å². The van der Waals surface area contributed by atoms with Crippen LogP contribution in [0.15, 0.2) is 40.6 Å². The van der Waals surface area contributed by atoms with E-state index in [4.69, 9.17) is 8.57 Å². The van der Waals surface area contributed by atoms with Crippen molar-refractivity contribution in [3.63, 3.8) is 0 Å². The number of rotatable bonds is 2. The molecule has 92 valence electrons. The highest BCUT2D eigenvalue weighted by atomic mass is 32.2. The fraction of sp³-hybridized carbons (Fsp3) is 0.308. The number of hydrogen-bond acceptors (Lipinski definition) is 4. The Balaban J connectivity index is 1.57. The molecule has 0 aromatic heterocycles. The van der Waals surface area contributed by atoms with Crippen molar-refractivity contribution >= 4 is 27.3 Å². The molecule has 2 aliphatic heterocycles. The van der Waals surface area contributed by atoms with Gasteiger partial charge < -0.3 is 0 Å². The van der Waals surface area contributed by atoms with E-state index in [-0.39, 0.29) is 0 Å². The first-order valence-corrected chi connectivity index (χ1v) is 7.12. The van der Waals surface area contributed by atoms with Crippen LogP contribution in [0.2, 0.25) is 0 Å².